The Kier molecular flexibility index (Phi) is 4.18. The van der Waals surface area contributed by atoms with Crippen molar-refractivity contribution < 1.29 is 14.3 Å². The zero-order valence-corrected chi connectivity index (χ0v) is 12.2. The molecule has 1 amide bonds. The van der Waals surface area contributed by atoms with Crippen LogP contribution in [0.3, 0.4) is 0 Å². The van der Waals surface area contributed by atoms with Gasteiger partial charge in [-0.05, 0) is 37.1 Å². The van der Waals surface area contributed by atoms with Gasteiger partial charge in [-0.2, -0.15) is 0 Å². The van der Waals surface area contributed by atoms with Crippen LogP contribution in [-0.4, -0.2) is 25.7 Å². The largest absolute Gasteiger partial charge is 0.486 e. The molecule has 1 atom stereocenters. The Morgan fingerprint density at radius 3 is 2.60 bits per heavy atom. The van der Waals surface area contributed by atoms with Gasteiger partial charge in [-0.3, -0.25) is 10.1 Å². The summed E-state index contributed by atoms with van der Waals surface area (Å²) in [6.07, 6.45) is 0. The zero-order valence-electron chi connectivity index (χ0n) is 12.2. The minimum Gasteiger partial charge on any atom is -0.486 e. The number of rotatable bonds is 5. The highest BCUT2D eigenvalue weighted by Gasteiger charge is 2.34. The van der Waals surface area contributed by atoms with E-state index in [4.69, 9.17) is 15.2 Å². The summed E-state index contributed by atoms with van der Waals surface area (Å²) in [7, 11) is 0. The van der Waals surface area contributed by atoms with E-state index < -0.39 is 11.4 Å². The number of hydrogen-bond donors (Lipinski definition) is 2. The van der Waals surface area contributed by atoms with Crippen molar-refractivity contribution in [2.45, 2.75) is 26.3 Å². The fraction of sp³-hybridized carbons (Fsp3) is 0.533. The Morgan fingerprint density at radius 2 is 2.00 bits per heavy atom. The highest BCUT2D eigenvalue weighted by Crippen LogP contribution is 2.34. The molecular weight excluding hydrogens is 256 g/mol. The maximum Gasteiger partial charge on any atom is 0.242 e. The van der Waals surface area contributed by atoms with Gasteiger partial charge in [0.25, 0.3) is 0 Å². The van der Waals surface area contributed by atoms with Crippen LogP contribution in [0.15, 0.2) is 18.2 Å². The molecule has 1 aliphatic heterocycles. The first-order valence-corrected chi connectivity index (χ1v) is 6.88. The summed E-state index contributed by atoms with van der Waals surface area (Å²) in [5, 5.41) is 3.25. The third-order valence-corrected chi connectivity index (χ3v) is 3.48. The van der Waals surface area contributed by atoms with Crippen LogP contribution < -0.4 is 20.5 Å². The third-order valence-electron chi connectivity index (χ3n) is 3.48. The highest BCUT2D eigenvalue weighted by molar-refractivity contribution is 5.86. The highest BCUT2D eigenvalue weighted by atomic mass is 16.6. The van der Waals surface area contributed by atoms with Gasteiger partial charge in [0.1, 0.15) is 18.8 Å². The first-order chi connectivity index (χ1) is 9.43. The first-order valence-electron chi connectivity index (χ1n) is 6.88. The topological polar surface area (TPSA) is 73.6 Å². The summed E-state index contributed by atoms with van der Waals surface area (Å²) >= 11 is 0. The summed E-state index contributed by atoms with van der Waals surface area (Å²) in [5.41, 5.74) is 5.46. The van der Waals surface area contributed by atoms with E-state index in [9.17, 15) is 4.79 Å². The van der Waals surface area contributed by atoms with E-state index in [1.807, 2.05) is 18.2 Å². The van der Waals surface area contributed by atoms with Crippen LogP contribution in [0.4, 0.5) is 0 Å². The maximum absolute atomic E-state index is 11.9. The molecule has 0 saturated heterocycles. The first kappa shape index (κ1) is 14.7. The minimum atomic E-state index is -0.917. The lowest BCUT2D eigenvalue weighted by Gasteiger charge is -2.30. The summed E-state index contributed by atoms with van der Waals surface area (Å²) in [6, 6.07) is 5.50. The Hall–Kier alpha value is -1.75. The van der Waals surface area contributed by atoms with Crippen LogP contribution in [0, 0.1) is 5.92 Å². The van der Waals surface area contributed by atoms with Gasteiger partial charge in [0.2, 0.25) is 5.91 Å². The molecule has 0 bridgehead atoms. The SMILES string of the molecule is CC(C)CNC(C)(C(N)=O)c1ccc2c(c1)OCCO2. The molecule has 2 rings (SSSR count). The van der Waals surface area contributed by atoms with E-state index in [0.29, 0.717) is 37.2 Å². The number of fused-ring (bicyclic) bond motifs is 1. The molecule has 110 valence electrons. The van der Waals surface area contributed by atoms with E-state index in [2.05, 4.69) is 19.2 Å². The number of nitrogens with one attached hydrogen (secondary N) is 1. The summed E-state index contributed by atoms with van der Waals surface area (Å²) in [5.74, 6) is 1.38. The van der Waals surface area contributed by atoms with Gasteiger partial charge in [-0.25, -0.2) is 0 Å². The third kappa shape index (κ3) is 2.88. The lowest BCUT2D eigenvalue weighted by atomic mass is 9.90. The van der Waals surface area contributed by atoms with Gasteiger partial charge in [-0.1, -0.05) is 19.9 Å². The van der Waals surface area contributed by atoms with Crippen molar-refractivity contribution in [3.8, 4) is 11.5 Å². The van der Waals surface area contributed by atoms with Gasteiger partial charge in [0, 0.05) is 0 Å². The molecule has 1 heterocycles. The minimum absolute atomic E-state index is 0.408. The Labute approximate surface area is 119 Å². The molecule has 1 aromatic carbocycles. The molecule has 0 aromatic heterocycles. The van der Waals surface area contributed by atoms with Crippen molar-refractivity contribution in [1.29, 1.82) is 0 Å². The van der Waals surface area contributed by atoms with E-state index >= 15 is 0 Å². The van der Waals surface area contributed by atoms with Crippen molar-refractivity contribution in [2.75, 3.05) is 19.8 Å². The van der Waals surface area contributed by atoms with E-state index in [1.54, 1.807) is 6.92 Å². The fourth-order valence-electron chi connectivity index (χ4n) is 2.09. The lowest BCUT2D eigenvalue weighted by Crippen LogP contribution is -2.51. The van der Waals surface area contributed by atoms with Gasteiger partial charge < -0.3 is 15.2 Å². The maximum atomic E-state index is 11.9. The predicted molar refractivity (Wildman–Crippen MR) is 76.8 cm³/mol. The molecule has 0 radical (unpaired) electrons. The summed E-state index contributed by atoms with van der Waals surface area (Å²) in [6.45, 7) is 7.72. The monoisotopic (exact) mass is 278 g/mol. The summed E-state index contributed by atoms with van der Waals surface area (Å²) < 4.78 is 11.0. The van der Waals surface area contributed by atoms with Crippen molar-refractivity contribution >= 4 is 5.91 Å². The molecule has 3 N–H and O–H groups in total. The van der Waals surface area contributed by atoms with Crippen LogP contribution in [0.2, 0.25) is 0 Å². The van der Waals surface area contributed by atoms with E-state index in [-0.39, 0.29) is 0 Å². The summed E-state index contributed by atoms with van der Waals surface area (Å²) in [4.78, 5) is 11.9. The standard InChI is InChI=1S/C15H22N2O3/c1-10(2)9-17-15(3,14(16)18)11-4-5-12-13(8-11)20-7-6-19-12/h4-5,8,10,17H,6-7,9H2,1-3H3,(H2,16,18). The average molecular weight is 278 g/mol. The molecule has 1 aliphatic rings. The van der Waals surface area contributed by atoms with Crippen LogP contribution >= 0.6 is 0 Å². The molecule has 20 heavy (non-hydrogen) atoms. The number of nitrogens with two attached hydrogens (primary N) is 1. The fourth-order valence-corrected chi connectivity index (χ4v) is 2.09. The number of amides is 1. The second kappa shape index (κ2) is 5.71. The van der Waals surface area contributed by atoms with E-state index in [1.165, 1.54) is 0 Å². The molecular formula is C15H22N2O3. The molecule has 0 aliphatic carbocycles. The lowest BCUT2D eigenvalue weighted by molar-refractivity contribution is -0.124. The molecule has 5 nitrogen and oxygen atoms in total. The van der Waals surface area contributed by atoms with Gasteiger partial charge >= 0.3 is 0 Å². The molecule has 5 heteroatoms. The second-order valence-corrected chi connectivity index (χ2v) is 5.62. The number of benzene rings is 1. The Balaban J connectivity index is 2.31. The van der Waals surface area contributed by atoms with Crippen LogP contribution in [0.25, 0.3) is 0 Å². The zero-order chi connectivity index (χ0) is 14.8. The van der Waals surface area contributed by atoms with Gasteiger partial charge in [-0.15, -0.1) is 0 Å². The van der Waals surface area contributed by atoms with Crippen molar-refractivity contribution in [2.24, 2.45) is 11.7 Å². The van der Waals surface area contributed by atoms with Crippen LogP contribution in [-0.2, 0) is 10.3 Å². The normalized spacial score (nSPS) is 16.8. The van der Waals surface area contributed by atoms with E-state index in [0.717, 1.165) is 5.56 Å². The predicted octanol–water partition coefficient (Wildman–Crippen LogP) is 1.40. The van der Waals surface area contributed by atoms with Gasteiger partial charge in [0.15, 0.2) is 11.5 Å². The molecule has 1 aromatic rings. The molecule has 0 fully saturated rings. The molecule has 0 saturated carbocycles. The number of ether oxygens (including phenoxy) is 2. The molecule has 0 spiro atoms. The number of carbonyl (C=O) groups is 1. The number of hydrogen-bond acceptors (Lipinski definition) is 4. The van der Waals surface area contributed by atoms with Crippen molar-refractivity contribution in [1.82, 2.24) is 5.32 Å². The Morgan fingerprint density at radius 1 is 1.35 bits per heavy atom. The quantitative estimate of drug-likeness (QED) is 0.854. The van der Waals surface area contributed by atoms with Crippen molar-refractivity contribution in [3.63, 3.8) is 0 Å². The smallest absolute Gasteiger partial charge is 0.242 e. The van der Waals surface area contributed by atoms with Crippen molar-refractivity contribution in [3.05, 3.63) is 23.8 Å². The van der Waals surface area contributed by atoms with Gasteiger partial charge in [0.05, 0.1) is 0 Å². The average Bonchev–Trinajstić information content (AvgIpc) is 2.44. The van der Waals surface area contributed by atoms with Crippen LogP contribution in [0.5, 0.6) is 11.5 Å². The van der Waals surface area contributed by atoms with Crippen LogP contribution in [0.1, 0.15) is 26.3 Å². The number of primary amides is 1. The molecule has 1 unspecified atom stereocenters. The second-order valence-electron chi connectivity index (χ2n) is 5.62. The Bertz CT molecular complexity index is 502. The number of carbonyl (C=O) groups excluding carboxylic acids is 1.